The molecule has 2 rings (SSSR count). The first-order valence-corrected chi connectivity index (χ1v) is 6.08. The van der Waals surface area contributed by atoms with Gasteiger partial charge < -0.3 is 4.57 Å². The van der Waals surface area contributed by atoms with E-state index in [1.165, 1.54) is 6.07 Å². The second-order valence-electron chi connectivity index (χ2n) is 4.78. The molecule has 0 radical (unpaired) electrons. The molecule has 0 amide bonds. The highest BCUT2D eigenvalue weighted by atomic mass is 19.4. The third kappa shape index (κ3) is 2.35. The molecule has 1 aromatic heterocycles. The van der Waals surface area contributed by atoms with Gasteiger partial charge >= 0.3 is 6.18 Å². The first-order chi connectivity index (χ1) is 9.25. The molecule has 0 aliphatic carbocycles. The molecule has 2 nitrogen and oxygen atoms in total. The number of nitrogens with zero attached hydrogens (tertiary/aromatic N) is 1. The molecule has 0 saturated carbocycles. The number of alkyl halides is 3. The van der Waals surface area contributed by atoms with E-state index < -0.39 is 11.7 Å². The molecule has 0 saturated heterocycles. The Labute approximate surface area is 114 Å². The summed E-state index contributed by atoms with van der Waals surface area (Å²) in [5.41, 5.74) is 2.32. The van der Waals surface area contributed by atoms with E-state index in [1.54, 1.807) is 31.4 Å². The maximum Gasteiger partial charge on any atom is 0.416 e. The van der Waals surface area contributed by atoms with Gasteiger partial charge in [0.05, 0.1) is 5.56 Å². The molecule has 0 aliphatic rings. The molecule has 0 atom stereocenters. The van der Waals surface area contributed by atoms with E-state index in [0.29, 0.717) is 23.2 Å². The maximum atomic E-state index is 12.8. The van der Waals surface area contributed by atoms with Crippen molar-refractivity contribution in [2.45, 2.75) is 26.9 Å². The van der Waals surface area contributed by atoms with Gasteiger partial charge in [0.1, 0.15) is 0 Å². The molecule has 0 unspecified atom stereocenters. The van der Waals surface area contributed by atoms with Crippen LogP contribution in [0.5, 0.6) is 0 Å². The van der Waals surface area contributed by atoms with Crippen LogP contribution in [-0.4, -0.2) is 10.9 Å². The second kappa shape index (κ2) is 4.81. The fourth-order valence-corrected chi connectivity index (χ4v) is 2.30. The fourth-order valence-electron chi connectivity index (χ4n) is 2.30. The van der Waals surface area contributed by atoms with Crippen LogP contribution < -0.4 is 0 Å². The van der Waals surface area contributed by atoms with Crippen LogP contribution in [0, 0.1) is 20.8 Å². The summed E-state index contributed by atoms with van der Waals surface area (Å²) in [5.74, 6) is 0. The van der Waals surface area contributed by atoms with E-state index >= 15 is 0 Å². The van der Waals surface area contributed by atoms with Crippen molar-refractivity contribution in [2.75, 3.05) is 0 Å². The summed E-state index contributed by atoms with van der Waals surface area (Å²) < 4.78 is 40.1. The Morgan fingerprint density at radius 1 is 1.10 bits per heavy atom. The number of hydrogen-bond donors (Lipinski definition) is 0. The van der Waals surface area contributed by atoms with Crippen LogP contribution in [0.3, 0.4) is 0 Å². The minimum atomic E-state index is -4.38. The first-order valence-electron chi connectivity index (χ1n) is 6.08. The van der Waals surface area contributed by atoms with Crippen LogP contribution in [0.15, 0.2) is 24.3 Å². The summed E-state index contributed by atoms with van der Waals surface area (Å²) in [4.78, 5) is 10.9. The van der Waals surface area contributed by atoms with Gasteiger partial charge in [-0.05, 0) is 44.5 Å². The lowest BCUT2D eigenvalue weighted by atomic mass is 10.1. The Morgan fingerprint density at radius 3 is 2.25 bits per heavy atom. The van der Waals surface area contributed by atoms with Gasteiger partial charge in [-0.2, -0.15) is 13.2 Å². The van der Waals surface area contributed by atoms with Gasteiger partial charge in [-0.15, -0.1) is 0 Å². The van der Waals surface area contributed by atoms with Crippen molar-refractivity contribution >= 4 is 6.29 Å². The number of halogens is 3. The van der Waals surface area contributed by atoms with E-state index in [-0.39, 0.29) is 0 Å². The van der Waals surface area contributed by atoms with Crippen molar-refractivity contribution in [2.24, 2.45) is 0 Å². The number of carbonyl (C=O) groups is 1. The third-order valence-electron chi connectivity index (χ3n) is 3.37. The minimum Gasteiger partial charge on any atom is -0.317 e. The Balaban J connectivity index is 2.70. The van der Waals surface area contributed by atoms with Gasteiger partial charge in [0, 0.05) is 22.6 Å². The van der Waals surface area contributed by atoms with Gasteiger partial charge in [0.25, 0.3) is 0 Å². The quantitative estimate of drug-likeness (QED) is 0.755. The standard InChI is InChI=1S/C15H14F3NO/c1-9-4-5-13(15(16,17)18)7-14(9)19-10(2)6-12(8-20)11(19)3/h4-8H,1-3H3. The van der Waals surface area contributed by atoms with E-state index in [1.807, 2.05) is 0 Å². The fraction of sp³-hybridized carbons (Fsp3) is 0.267. The van der Waals surface area contributed by atoms with E-state index in [2.05, 4.69) is 0 Å². The average Bonchev–Trinajstić information content (AvgIpc) is 2.64. The molecule has 0 aliphatic heterocycles. The summed E-state index contributed by atoms with van der Waals surface area (Å²) in [5, 5.41) is 0. The van der Waals surface area contributed by atoms with Crippen molar-refractivity contribution in [1.29, 1.82) is 0 Å². The Hall–Kier alpha value is -2.04. The Morgan fingerprint density at radius 2 is 1.75 bits per heavy atom. The van der Waals surface area contributed by atoms with Crippen molar-refractivity contribution in [1.82, 2.24) is 4.57 Å². The number of benzene rings is 1. The molecule has 2 aromatic rings. The SMILES string of the molecule is Cc1ccc(C(F)(F)F)cc1-n1c(C)cc(C=O)c1C. The van der Waals surface area contributed by atoms with Crippen LogP contribution in [-0.2, 0) is 6.18 Å². The van der Waals surface area contributed by atoms with Gasteiger partial charge in [-0.3, -0.25) is 4.79 Å². The largest absolute Gasteiger partial charge is 0.416 e. The number of aromatic nitrogens is 1. The van der Waals surface area contributed by atoms with Crippen LogP contribution in [0.4, 0.5) is 13.2 Å². The summed E-state index contributed by atoms with van der Waals surface area (Å²) >= 11 is 0. The summed E-state index contributed by atoms with van der Waals surface area (Å²) in [6.07, 6.45) is -3.67. The zero-order chi connectivity index (χ0) is 15.1. The molecule has 0 fully saturated rings. The normalized spacial score (nSPS) is 11.7. The highest BCUT2D eigenvalue weighted by molar-refractivity contribution is 5.77. The highest BCUT2D eigenvalue weighted by Gasteiger charge is 2.31. The summed E-state index contributed by atoms with van der Waals surface area (Å²) in [6.45, 7) is 5.23. The molecule has 0 bridgehead atoms. The lowest BCUT2D eigenvalue weighted by molar-refractivity contribution is -0.137. The Bertz CT molecular complexity index is 668. The second-order valence-corrected chi connectivity index (χ2v) is 4.78. The van der Waals surface area contributed by atoms with Gasteiger partial charge in [-0.25, -0.2) is 0 Å². The first kappa shape index (κ1) is 14.4. The predicted octanol–water partition coefficient (Wildman–Crippen LogP) is 4.23. The Kier molecular flexibility index (Phi) is 3.46. The van der Waals surface area contributed by atoms with Crippen molar-refractivity contribution in [3.63, 3.8) is 0 Å². The summed E-state index contributed by atoms with van der Waals surface area (Å²) in [7, 11) is 0. The monoisotopic (exact) mass is 281 g/mol. The van der Waals surface area contributed by atoms with Crippen LogP contribution >= 0.6 is 0 Å². The number of hydrogen-bond acceptors (Lipinski definition) is 1. The number of rotatable bonds is 2. The van der Waals surface area contributed by atoms with Crippen molar-refractivity contribution in [3.05, 3.63) is 52.3 Å². The lowest BCUT2D eigenvalue weighted by Crippen LogP contribution is -2.08. The van der Waals surface area contributed by atoms with Crippen molar-refractivity contribution < 1.29 is 18.0 Å². The molecule has 1 heterocycles. The van der Waals surface area contributed by atoms with E-state index in [4.69, 9.17) is 0 Å². The van der Waals surface area contributed by atoms with E-state index in [9.17, 15) is 18.0 Å². The number of aryl methyl sites for hydroxylation is 2. The number of carbonyl (C=O) groups excluding carboxylic acids is 1. The third-order valence-corrected chi connectivity index (χ3v) is 3.37. The zero-order valence-electron chi connectivity index (χ0n) is 11.4. The topological polar surface area (TPSA) is 22.0 Å². The zero-order valence-corrected chi connectivity index (χ0v) is 11.4. The molecule has 20 heavy (non-hydrogen) atoms. The average molecular weight is 281 g/mol. The lowest BCUT2D eigenvalue weighted by Gasteiger charge is -2.15. The highest BCUT2D eigenvalue weighted by Crippen LogP contribution is 2.32. The molecular formula is C15H14F3NO. The molecule has 0 N–H and O–H groups in total. The smallest absolute Gasteiger partial charge is 0.317 e. The minimum absolute atomic E-state index is 0.447. The molecule has 1 aromatic carbocycles. The van der Waals surface area contributed by atoms with E-state index in [0.717, 1.165) is 23.4 Å². The predicted molar refractivity (Wildman–Crippen MR) is 70.4 cm³/mol. The van der Waals surface area contributed by atoms with Crippen molar-refractivity contribution in [3.8, 4) is 5.69 Å². The van der Waals surface area contributed by atoms with Gasteiger partial charge in [0.2, 0.25) is 0 Å². The maximum absolute atomic E-state index is 12.8. The molecule has 0 spiro atoms. The van der Waals surface area contributed by atoms with Gasteiger partial charge in [-0.1, -0.05) is 6.07 Å². The van der Waals surface area contributed by atoms with Crippen LogP contribution in [0.25, 0.3) is 5.69 Å². The van der Waals surface area contributed by atoms with Crippen LogP contribution in [0.1, 0.15) is 32.9 Å². The van der Waals surface area contributed by atoms with Crippen LogP contribution in [0.2, 0.25) is 0 Å². The summed E-state index contributed by atoms with van der Waals surface area (Å²) in [6, 6.07) is 5.29. The molecule has 106 valence electrons. The molecular weight excluding hydrogens is 267 g/mol. The number of aldehydes is 1. The van der Waals surface area contributed by atoms with Gasteiger partial charge in [0.15, 0.2) is 6.29 Å². The molecule has 5 heteroatoms.